The number of hydrogen-bond acceptors (Lipinski definition) is 5. The Balaban J connectivity index is 2.01. The number of carboxylic acid groups (broad SMARTS) is 1. The fourth-order valence-electron chi connectivity index (χ4n) is 2.73. The quantitative estimate of drug-likeness (QED) is 0.666. The van der Waals surface area contributed by atoms with Crippen LogP contribution in [0.4, 0.5) is 11.5 Å². The number of aromatic carboxylic acids is 1. The molecule has 0 bridgehead atoms. The first kappa shape index (κ1) is 15.8. The van der Waals surface area contributed by atoms with Crippen LogP contribution < -0.4 is 5.32 Å². The zero-order valence-corrected chi connectivity index (χ0v) is 13.4. The van der Waals surface area contributed by atoms with Crippen molar-refractivity contribution in [2.45, 2.75) is 26.7 Å². The number of fused-ring (bicyclic) bond motifs is 1. The van der Waals surface area contributed by atoms with Crippen molar-refractivity contribution in [2.75, 3.05) is 5.32 Å². The van der Waals surface area contributed by atoms with Crippen LogP contribution in [-0.4, -0.2) is 30.8 Å². The zero-order chi connectivity index (χ0) is 17.3. The predicted molar refractivity (Wildman–Crippen MR) is 90.1 cm³/mol. The Morgan fingerprint density at radius 2 is 2.17 bits per heavy atom. The Bertz CT molecular complexity index is 918. The van der Waals surface area contributed by atoms with Crippen molar-refractivity contribution in [1.29, 1.82) is 0 Å². The first-order valence-corrected chi connectivity index (χ1v) is 7.66. The number of carboxylic acids is 1. The van der Waals surface area contributed by atoms with Crippen molar-refractivity contribution >= 4 is 23.0 Å². The Labute approximate surface area is 138 Å². The van der Waals surface area contributed by atoms with E-state index in [1.54, 1.807) is 13.0 Å². The molecule has 3 aromatic rings. The van der Waals surface area contributed by atoms with E-state index in [0.29, 0.717) is 22.6 Å². The molecule has 2 aromatic heterocycles. The smallest absolute Gasteiger partial charge is 0.337 e. The normalized spacial score (nSPS) is 10.9. The number of aryl methyl sites for hydroxylation is 2. The number of nitrogens with one attached hydrogen (secondary N) is 1. The minimum absolute atomic E-state index is 0.180. The van der Waals surface area contributed by atoms with Crippen LogP contribution >= 0.6 is 0 Å². The zero-order valence-electron chi connectivity index (χ0n) is 13.4. The largest absolute Gasteiger partial charge is 0.508 e. The Morgan fingerprint density at radius 3 is 2.83 bits per heavy atom. The SMILES string of the molecule is CCCc1ccc(Nc2ncnn3cc(C(=O)O)c(C)c23)cc1O. The Kier molecular flexibility index (Phi) is 4.07. The Morgan fingerprint density at radius 1 is 1.38 bits per heavy atom. The summed E-state index contributed by atoms with van der Waals surface area (Å²) in [4.78, 5) is 15.5. The number of nitrogens with zero attached hydrogens (tertiary/aromatic N) is 3. The van der Waals surface area contributed by atoms with E-state index < -0.39 is 5.97 Å². The van der Waals surface area contributed by atoms with Gasteiger partial charge in [0.25, 0.3) is 0 Å². The summed E-state index contributed by atoms with van der Waals surface area (Å²) in [5, 5.41) is 26.5. The van der Waals surface area contributed by atoms with Gasteiger partial charge in [-0.2, -0.15) is 5.10 Å². The molecular formula is C17H18N4O3. The van der Waals surface area contributed by atoms with Crippen molar-refractivity contribution in [3.05, 3.63) is 47.4 Å². The molecule has 3 rings (SSSR count). The minimum atomic E-state index is -1.01. The van der Waals surface area contributed by atoms with Crippen LogP contribution in [0.3, 0.4) is 0 Å². The molecule has 0 spiro atoms. The third kappa shape index (κ3) is 2.76. The number of phenolic OH excluding ortho intramolecular Hbond substituents is 1. The number of carbonyl (C=O) groups is 1. The van der Waals surface area contributed by atoms with Gasteiger partial charge in [0, 0.05) is 18.0 Å². The molecule has 0 saturated heterocycles. The fraction of sp³-hybridized carbons (Fsp3) is 0.235. The number of hydrogen-bond donors (Lipinski definition) is 3. The first-order chi connectivity index (χ1) is 11.5. The predicted octanol–water partition coefficient (Wildman–Crippen LogP) is 3.14. The second-order valence-corrected chi connectivity index (χ2v) is 5.59. The van der Waals surface area contributed by atoms with Crippen LogP contribution in [-0.2, 0) is 6.42 Å². The summed E-state index contributed by atoms with van der Waals surface area (Å²) in [6, 6.07) is 5.37. The monoisotopic (exact) mass is 326 g/mol. The van der Waals surface area contributed by atoms with E-state index in [-0.39, 0.29) is 11.3 Å². The number of aromatic nitrogens is 3. The highest BCUT2D eigenvalue weighted by Crippen LogP contribution is 2.28. The molecule has 0 aliphatic rings. The molecule has 0 aliphatic carbocycles. The first-order valence-electron chi connectivity index (χ1n) is 7.66. The Hall–Kier alpha value is -3.09. The van der Waals surface area contributed by atoms with Gasteiger partial charge < -0.3 is 15.5 Å². The average molecular weight is 326 g/mol. The van der Waals surface area contributed by atoms with Gasteiger partial charge in [-0.1, -0.05) is 19.4 Å². The molecule has 3 N–H and O–H groups in total. The summed E-state index contributed by atoms with van der Waals surface area (Å²) in [6.45, 7) is 3.77. The van der Waals surface area contributed by atoms with E-state index in [2.05, 4.69) is 22.3 Å². The summed E-state index contributed by atoms with van der Waals surface area (Å²) in [5.74, 6) is -0.298. The topological polar surface area (TPSA) is 99.8 Å². The lowest BCUT2D eigenvalue weighted by Crippen LogP contribution is -2.00. The number of anilines is 2. The maximum Gasteiger partial charge on any atom is 0.337 e. The highest BCUT2D eigenvalue weighted by Gasteiger charge is 2.17. The van der Waals surface area contributed by atoms with Gasteiger partial charge in [0.05, 0.1) is 5.56 Å². The highest BCUT2D eigenvalue weighted by molar-refractivity contribution is 5.94. The lowest BCUT2D eigenvalue weighted by atomic mass is 10.1. The van der Waals surface area contributed by atoms with Crippen LogP contribution in [0.1, 0.15) is 34.8 Å². The van der Waals surface area contributed by atoms with Crippen LogP contribution in [0.2, 0.25) is 0 Å². The van der Waals surface area contributed by atoms with Crippen LogP contribution in [0.5, 0.6) is 5.75 Å². The van der Waals surface area contributed by atoms with Gasteiger partial charge in [-0.15, -0.1) is 0 Å². The molecule has 0 aliphatic heterocycles. The van der Waals surface area contributed by atoms with E-state index in [0.717, 1.165) is 18.4 Å². The molecule has 0 atom stereocenters. The van der Waals surface area contributed by atoms with E-state index in [1.165, 1.54) is 17.0 Å². The van der Waals surface area contributed by atoms with E-state index in [9.17, 15) is 15.0 Å². The molecular weight excluding hydrogens is 308 g/mol. The van der Waals surface area contributed by atoms with E-state index in [4.69, 9.17) is 0 Å². The number of rotatable bonds is 5. The second-order valence-electron chi connectivity index (χ2n) is 5.59. The summed E-state index contributed by atoms with van der Waals surface area (Å²) >= 11 is 0. The maximum atomic E-state index is 11.3. The molecule has 24 heavy (non-hydrogen) atoms. The summed E-state index contributed by atoms with van der Waals surface area (Å²) in [7, 11) is 0. The molecule has 124 valence electrons. The summed E-state index contributed by atoms with van der Waals surface area (Å²) in [5.41, 5.74) is 2.91. The standard InChI is InChI=1S/C17H18N4O3/c1-3-4-11-5-6-12(7-14(11)22)20-16-15-10(2)13(17(23)24)8-21(15)19-9-18-16/h5-9,22H,3-4H2,1-2H3,(H,23,24)(H,18,19,20). The van der Waals surface area contributed by atoms with E-state index in [1.807, 2.05) is 12.1 Å². The van der Waals surface area contributed by atoms with Gasteiger partial charge in [0.2, 0.25) is 0 Å². The summed E-state index contributed by atoms with van der Waals surface area (Å²) < 4.78 is 1.49. The minimum Gasteiger partial charge on any atom is -0.508 e. The number of phenols is 1. The van der Waals surface area contributed by atoms with Gasteiger partial charge in [0.1, 0.15) is 17.6 Å². The maximum absolute atomic E-state index is 11.3. The van der Waals surface area contributed by atoms with Crippen LogP contribution in [0.25, 0.3) is 5.52 Å². The second kappa shape index (κ2) is 6.19. The van der Waals surface area contributed by atoms with Gasteiger partial charge in [-0.05, 0) is 30.5 Å². The molecule has 2 heterocycles. The molecule has 0 fully saturated rings. The number of benzene rings is 1. The van der Waals surface area contributed by atoms with E-state index >= 15 is 0 Å². The lowest BCUT2D eigenvalue weighted by molar-refractivity contribution is 0.0696. The van der Waals surface area contributed by atoms with Gasteiger partial charge in [-0.3, -0.25) is 0 Å². The molecule has 0 radical (unpaired) electrons. The average Bonchev–Trinajstić information content (AvgIpc) is 2.88. The third-order valence-corrected chi connectivity index (χ3v) is 3.92. The van der Waals surface area contributed by atoms with Gasteiger partial charge in [-0.25, -0.2) is 14.3 Å². The van der Waals surface area contributed by atoms with Crippen LogP contribution in [0, 0.1) is 6.92 Å². The van der Waals surface area contributed by atoms with Gasteiger partial charge in [0.15, 0.2) is 5.82 Å². The van der Waals surface area contributed by atoms with Crippen molar-refractivity contribution in [3.8, 4) is 5.75 Å². The van der Waals surface area contributed by atoms with Crippen molar-refractivity contribution in [1.82, 2.24) is 14.6 Å². The third-order valence-electron chi connectivity index (χ3n) is 3.92. The fourth-order valence-corrected chi connectivity index (χ4v) is 2.73. The molecule has 0 amide bonds. The number of aromatic hydroxyl groups is 1. The van der Waals surface area contributed by atoms with Crippen molar-refractivity contribution < 1.29 is 15.0 Å². The van der Waals surface area contributed by atoms with Crippen molar-refractivity contribution in [2.24, 2.45) is 0 Å². The van der Waals surface area contributed by atoms with Gasteiger partial charge >= 0.3 is 5.97 Å². The van der Waals surface area contributed by atoms with Crippen LogP contribution in [0.15, 0.2) is 30.7 Å². The molecule has 0 unspecified atom stereocenters. The summed E-state index contributed by atoms with van der Waals surface area (Å²) in [6.07, 6.45) is 4.57. The molecule has 7 heteroatoms. The lowest BCUT2D eigenvalue weighted by Gasteiger charge is -2.10. The molecule has 1 aromatic carbocycles. The molecule has 7 nitrogen and oxygen atoms in total. The highest BCUT2D eigenvalue weighted by atomic mass is 16.4. The van der Waals surface area contributed by atoms with Crippen molar-refractivity contribution in [3.63, 3.8) is 0 Å². The molecule has 0 saturated carbocycles.